The van der Waals surface area contributed by atoms with Crippen molar-refractivity contribution >= 4 is 11.4 Å². The topological polar surface area (TPSA) is 76.8 Å². The fourth-order valence-corrected chi connectivity index (χ4v) is 3.62. The zero-order chi connectivity index (χ0) is 16.7. The van der Waals surface area contributed by atoms with Gasteiger partial charge in [-0.2, -0.15) is 5.10 Å². The lowest BCUT2D eigenvalue weighted by atomic mass is 9.77. The van der Waals surface area contributed by atoms with Crippen molar-refractivity contribution in [2.75, 3.05) is 7.11 Å². The van der Waals surface area contributed by atoms with Crippen LogP contribution in [0.4, 0.5) is 5.69 Å². The van der Waals surface area contributed by atoms with Crippen molar-refractivity contribution in [3.05, 3.63) is 69.3 Å². The van der Waals surface area contributed by atoms with E-state index in [2.05, 4.69) is 16.6 Å². The Kier molecular flexibility index (Phi) is 3.45. The quantitative estimate of drug-likeness (QED) is 0.695. The summed E-state index contributed by atoms with van der Waals surface area (Å²) in [4.78, 5) is 10.7. The molecule has 0 bridgehead atoms. The van der Waals surface area contributed by atoms with Crippen LogP contribution >= 0.6 is 0 Å². The average molecular weight is 323 g/mol. The molecule has 2 aromatic carbocycles. The van der Waals surface area contributed by atoms with Gasteiger partial charge in [0.15, 0.2) is 0 Å². The van der Waals surface area contributed by atoms with E-state index >= 15 is 0 Å². The molecule has 0 fully saturated rings. The predicted molar refractivity (Wildman–Crippen MR) is 90.3 cm³/mol. The number of nitrogens with one attached hydrogen (secondary N) is 1. The number of rotatable bonds is 3. The maximum absolute atomic E-state index is 11.0. The van der Waals surface area contributed by atoms with Crippen LogP contribution < -0.4 is 10.2 Å². The van der Waals surface area contributed by atoms with Crippen LogP contribution in [0.5, 0.6) is 5.75 Å². The van der Waals surface area contributed by atoms with E-state index in [0.717, 1.165) is 35.4 Å². The van der Waals surface area contributed by atoms with Crippen molar-refractivity contribution in [3.8, 4) is 5.75 Å². The van der Waals surface area contributed by atoms with E-state index in [1.165, 1.54) is 11.6 Å². The Hall–Kier alpha value is -2.89. The first-order chi connectivity index (χ1) is 11.7. The number of fused-ring (bicyclic) bond motifs is 3. The van der Waals surface area contributed by atoms with E-state index < -0.39 is 0 Å². The normalized spacial score (nSPS) is 21.3. The van der Waals surface area contributed by atoms with Crippen LogP contribution in [0.3, 0.4) is 0 Å². The van der Waals surface area contributed by atoms with Crippen LogP contribution in [0.15, 0.2) is 47.6 Å². The summed E-state index contributed by atoms with van der Waals surface area (Å²) in [5.74, 6) is 1.03. The number of ether oxygens (including phenoxy) is 1. The minimum Gasteiger partial charge on any atom is -0.497 e. The standard InChI is InChI=1S/C18H17N3O3/c1-24-14-7-5-11-6-8-15-17(19-20-18(15)16(11)10-14)12-3-2-4-13(9-12)21(22)23/h2-5,7,9-10,15,17,19H,6,8H2,1H3. The molecule has 24 heavy (non-hydrogen) atoms. The molecule has 1 aliphatic carbocycles. The molecule has 2 aromatic rings. The van der Waals surface area contributed by atoms with Gasteiger partial charge in [-0.1, -0.05) is 18.2 Å². The van der Waals surface area contributed by atoms with Crippen molar-refractivity contribution in [2.24, 2.45) is 11.0 Å². The highest BCUT2D eigenvalue weighted by atomic mass is 16.6. The monoisotopic (exact) mass is 323 g/mol. The van der Waals surface area contributed by atoms with E-state index in [9.17, 15) is 10.1 Å². The van der Waals surface area contributed by atoms with E-state index in [1.807, 2.05) is 18.2 Å². The smallest absolute Gasteiger partial charge is 0.269 e. The number of nitrogens with zero attached hydrogens (tertiary/aromatic N) is 2. The highest BCUT2D eigenvalue weighted by Gasteiger charge is 2.37. The van der Waals surface area contributed by atoms with Gasteiger partial charge in [0.1, 0.15) is 5.75 Å². The van der Waals surface area contributed by atoms with Crippen molar-refractivity contribution in [1.29, 1.82) is 0 Å². The van der Waals surface area contributed by atoms with Crippen molar-refractivity contribution in [2.45, 2.75) is 18.9 Å². The van der Waals surface area contributed by atoms with E-state index in [0.29, 0.717) is 0 Å². The third kappa shape index (κ3) is 2.31. The molecule has 6 heteroatoms. The zero-order valence-corrected chi connectivity index (χ0v) is 13.2. The molecule has 0 aromatic heterocycles. The Morgan fingerprint density at radius 3 is 2.96 bits per heavy atom. The van der Waals surface area contributed by atoms with E-state index in [-0.39, 0.29) is 22.6 Å². The summed E-state index contributed by atoms with van der Waals surface area (Å²) in [6, 6.07) is 12.9. The SMILES string of the molecule is COc1ccc2c(c1)C1=NNC(c3cccc([N+](=O)[O-])c3)C1CC2. The highest BCUT2D eigenvalue weighted by molar-refractivity contribution is 6.06. The largest absolute Gasteiger partial charge is 0.497 e. The summed E-state index contributed by atoms with van der Waals surface area (Å²) in [7, 11) is 1.66. The van der Waals surface area contributed by atoms with Gasteiger partial charge in [-0.25, -0.2) is 0 Å². The Labute approximate surface area is 139 Å². The third-order valence-electron chi connectivity index (χ3n) is 4.84. The van der Waals surface area contributed by atoms with E-state index in [4.69, 9.17) is 4.74 Å². The van der Waals surface area contributed by atoms with Crippen LogP contribution in [0.25, 0.3) is 0 Å². The lowest BCUT2D eigenvalue weighted by Crippen LogP contribution is -2.26. The number of nitro groups is 1. The molecular weight excluding hydrogens is 306 g/mol. The number of hydrogen-bond donors (Lipinski definition) is 1. The van der Waals surface area contributed by atoms with Gasteiger partial charge in [-0.15, -0.1) is 0 Å². The van der Waals surface area contributed by atoms with Crippen LogP contribution in [0.1, 0.15) is 29.2 Å². The molecule has 0 spiro atoms. The first-order valence-electron chi connectivity index (χ1n) is 7.92. The third-order valence-corrected chi connectivity index (χ3v) is 4.84. The molecule has 2 atom stereocenters. The highest BCUT2D eigenvalue weighted by Crippen LogP contribution is 2.39. The van der Waals surface area contributed by atoms with Gasteiger partial charge < -0.3 is 10.2 Å². The molecule has 2 unspecified atom stereocenters. The van der Waals surface area contributed by atoms with Crippen molar-refractivity contribution < 1.29 is 9.66 Å². The van der Waals surface area contributed by atoms with Crippen LogP contribution in [-0.2, 0) is 6.42 Å². The number of hydrogen-bond acceptors (Lipinski definition) is 5. The Morgan fingerprint density at radius 2 is 2.17 bits per heavy atom. The van der Waals surface area contributed by atoms with Gasteiger partial charge in [-0.05, 0) is 36.1 Å². The molecule has 6 nitrogen and oxygen atoms in total. The van der Waals surface area contributed by atoms with Gasteiger partial charge >= 0.3 is 0 Å². The molecule has 0 amide bonds. The Balaban J connectivity index is 1.68. The number of methoxy groups -OCH3 is 1. The fourth-order valence-electron chi connectivity index (χ4n) is 3.62. The minimum absolute atomic E-state index is 0.0285. The molecule has 1 heterocycles. The van der Waals surface area contributed by atoms with Gasteiger partial charge in [-0.3, -0.25) is 10.1 Å². The fraction of sp³-hybridized carbons (Fsp3) is 0.278. The first-order valence-corrected chi connectivity index (χ1v) is 7.92. The van der Waals surface area contributed by atoms with Crippen LogP contribution in [-0.4, -0.2) is 17.7 Å². The van der Waals surface area contributed by atoms with Crippen LogP contribution in [0.2, 0.25) is 0 Å². The summed E-state index contributed by atoms with van der Waals surface area (Å²) in [5, 5.41) is 15.6. The van der Waals surface area contributed by atoms with Gasteiger partial charge in [0.05, 0.1) is 23.8 Å². The molecule has 0 radical (unpaired) electrons. The molecular formula is C18H17N3O3. The summed E-state index contributed by atoms with van der Waals surface area (Å²) >= 11 is 0. The Morgan fingerprint density at radius 1 is 1.29 bits per heavy atom. The Bertz CT molecular complexity index is 847. The number of hydrazone groups is 1. The molecule has 1 aliphatic heterocycles. The van der Waals surface area contributed by atoms with E-state index in [1.54, 1.807) is 19.2 Å². The summed E-state index contributed by atoms with van der Waals surface area (Å²) in [6.07, 6.45) is 1.94. The number of non-ortho nitro benzene ring substituents is 1. The molecule has 0 saturated heterocycles. The first kappa shape index (κ1) is 14.7. The van der Waals surface area contributed by atoms with Gasteiger partial charge in [0.25, 0.3) is 5.69 Å². The maximum atomic E-state index is 11.0. The number of benzene rings is 2. The minimum atomic E-state index is -0.360. The maximum Gasteiger partial charge on any atom is 0.269 e. The lowest BCUT2D eigenvalue weighted by molar-refractivity contribution is -0.384. The second-order valence-corrected chi connectivity index (χ2v) is 6.12. The second kappa shape index (κ2) is 5.63. The summed E-state index contributed by atoms with van der Waals surface area (Å²) < 4.78 is 5.33. The van der Waals surface area contributed by atoms with Crippen molar-refractivity contribution in [3.63, 3.8) is 0 Å². The van der Waals surface area contributed by atoms with Gasteiger partial charge in [0, 0.05) is 23.6 Å². The summed E-state index contributed by atoms with van der Waals surface area (Å²) in [6.45, 7) is 0. The van der Waals surface area contributed by atoms with Gasteiger partial charge in [0.2, 0.25) is 0 Å². The number of nitro benzene ring substituents is 1. The molecule has 0 saturated carbocycles. The molecule has 4 rings (SSSR count). The zero-order valence-electron chi connectivity index (χ0n) is 13.2. The van der Waals surface area contributed by atoms with Crippen LogP contribution in [0, 0.1) is 16.0 Å². The lowest BCUT2D eigenvalue weighted by Gasteiger charge is -2.26. The summed E-state index contributed by atoms with van der Waals surface area (Å²) in [5.41, 5.74) is 7.61. The number of aryl methyl sites for hydroxylation is 1. The van der Waals surface area contributed by atoms with Crippen molar-refractivity contribution in [1.82, 2.24) is 5.43 Å². The molecule has 122 valence electrons. The average Bonchev–Trinajstić information content (AvgIpc) is 3.06. The molecule has 2 aliphatic rings. The predicted octanol–water partition coefficient (Wildman–Crippen LogP) is 3.21. The molecule has 1 N–H and O–H groups in total. The second-order valence-electron chi connectivity index (χ2n) is 6.12.